The number of nitrogens with two attached hydrogens (primary N) is 1. The van der Waals surface area contributed by atoms with E-state index in [9.17, 15) is 4.79 Å². The molecule has 7 nitrogen and oxygen atoms in total. The van der Waals surface area contributed by atoms with Gasteiger partial charge in [-0.2, -0.15) is 0 Å². The molecule has 0 unspecified atom stereocenters. The Morgan fingerprint density at radius 2 is 2.24 bits per heavy atom. The molecule has 106 valence electrons. The van der Waals surface area contributed by atoms with Crippen LogP contribution in [0.25, 0.3) is 10.8 Å². The molecule has 0 spiro atoms. The standard InChI is InChI=1S/C14H14N6O/c15-5-7-20-9-13(18-19-20)14(21)17-12-3-1-2-10-8-16-6-4-11(10)12/h1-4,6,8-9H,5,7,15H2,(H,17,21). The van der Waals surface area contributed by atoms with Crippen LogP contribution in [0.4, 0.5) is 5.69 Å². The first kappa shape index (κ1) is 13.2. The molecule has 3 rings (SSSR count). The Balaban J connectivity index is 1.85. The van der Waals surface area contributed by atoms with Crippen molar-refractivity contribution in [1.29, 1.82) is 0 Å². The van der Waals surface area contributed by atoms with E-state index in [1.165, 1.54) is 0 Å². The Hall–Kier alpha value is -2.80. The van der Waals surface area contributed by atoms with Crippen molar-refractivity contribution in [3.8, 4) is 0 Å². The summed E-state index contributed by atoms with van der Waals surface area (Å²) in [5, 5.41) is 12.4. The fraction of sp³-hybridized carbons (Fsp3) is 0.143. The van der Waals surface area contributed by atoms with Gasteiger partial charge in [-0.1, -0.05) is 17.3 Å². The maximum absolute atomic E-state index is 12.2. The molecule has 2 heterocycles. The van der Waals surface area contributed by atoms with Crippen LogP contribution in [-0.4, -0.2) is 32.4 Å². The molecule has 3 N–H and O–H groups in total. The number of fused-ring (bicyclic) bond motifs is 1. The van der Waals surface area contributed by atoms with Gasteiger partial charge < -0.3 is 11.1 Å². The highest BCUT2D eigenvalue weighted by Gasteiger charge is 2.12. The third-order valence-electron chi connectivity index (χ3n) is 3.06. The van der Waals surface area contributed by atoms with Gasteiger partial charge in [-0.3, -0.25) is 14.5 Å². The van der Waals surface area contributed by atoms with Gasteiger partial charge in [0.25, 0.3) is 5.91 Å². The number of anilines is 1. The molecule has 2 aromatic heterocycles. The number of nitrogens with zero attached hydrogens (tertiary/aromatic N) is 4. The quantitative estimate of drug-likeness (QED) is 0.745. The lowest BCUT2D eigenvalue weighted by atomic mass is 10.1. The zero-order valence-electron chi connectivity index (χ0n) is 11.2. The van der Waals surface area contributed by atoms with E-state index in [4.69, 9.17) is 5.73 Å². The number of hydrogen-bond acceptors (Lipinski definition) is 5. The monoisotopic (exact) mass is 282 g/mol. The highest BCUT2D eigenvalue weighted by atomic mass is 16.2. The van der Waals surface area contributed by atoms with Crippen LogP contribution in [0.2, 0.25) is 0 Å². The predicted molar refractivity (Wildman–Crippen MR) is 78.8 cm³/mol. The van der Waals surface area contributed by atoms with Crippen LogP contribution in [0, 0.1) is 0 Å². The number of pyridine rings is 1. The van der Waals surface area contributed by atoms with Crippen LogP contribution in [0.5, 0.6) is 0 Å². The molecule has 1 amide bonds. The number of aromatic nitrogens is 4. The summed E-state index contributed by atoms with van der Waals surface area (Å²) in [5.41, 5.74) is 6.41. The summed E-state index contributed by atoms with van der Waals surface area (Å²) in [6.07, 6.45) is 5.02. The van der Waals surface area contributed by atoms with Crippen molar-refractivity contribution >= 4 is 22.4 Å². The SMILES string of the molecule is NCCn1cc(C(=O)Nc2cccc3cnccc23)nn1. The molecule has 0 bridgehead atoms. The highest BCUT2D eigenvalue weighted by Crippen LogP contribution is 2.22. The smallest absolute Gasteiger partial charge is 0.277 e. The van der Waals surface area contributed by atoms with Gasteiger partial charge in [0.2, 0.25) is 0 Å². The van der Waals surface area contributed by atoms with Crippen molar-refractivity contribution in [2.75, 3.05) is 11.9 Å². The van der Waals surface area contributed by atoms with Crippen molar-refractivity contribution in [3.63, 3.8) is 0 Å². The molecule has 3 aromatic rings. The highest BCUT2D eigenvalue weighted by molar-refractivity contribution is 6.07. The number of amides is 1. The lowest BCUT2D eigenvalue weighted by Crippen LogP contribution is -2.13. The lowest BCUT2D eigenvalue weighted by molar-refractivity contribution is 0.102. The Morgan fingerprint density at radius 1 is 1.33 bits per heavy atom. The number of carbonyl (C=O) groups is 1. The molecule has 0 saturated carbocycles. The summed E-state index contributed by atoms with van der Waals surface area (Å²) in [6.45, 7) is 0.973. The van der Waals surface area contributed by atoms with E-state index in [0.29, 0.717) is 18.8 Å². The lowest BCUT2D eigenvalue weighted by Gasteiger charge is -2.06. The van der Waals surface area contributed by atoms with Gasteiger partial charge in [0.05, 0.1) is 12.7 Å². The number of rotatable bonds is 4. The first-order valence-electron chi connectivity index (χ1n) is 6.52. The van der Waals surface area contributed by atoms with E-state index in [2.05, 4.69) is 20.6 Å². The van der Waals surface area contributed by atoms with Crippen LogP contribution in [0.3, 0.4) is 0 Å². The van der Waals surface area contributed by atoms with E-state index in [-0.39, 0.29) is 11.6 Å². The van der Waals surface area contributed by atoms with E-state index in [1.807, 2.05) is 24.3 Å². The van der Waals surface area contributed by atoms with E-state index in [1.54, 1.807) is 23.3 Å². The van der Waals surface area contributed by atoms with Crippen molar-refractivity contribution in [1.82, 2.24) is 20.0 Å². The Kier molecular flexibility index (Phi) is 3.57. The van der Waals surface area contributed by atoms with Gasteiger partial charge in [-0.05, 0) is 12.1 Å². The Morgan fingerprint density at radius 3 is 3.10 bits per heavy atom. The average molecular weight is 282 g/mol. The van der Waals surface area contributed by atoms with Crippen molar-refractivity contribution in [2.24, 2.45) is 5.73 Å². The number of benzene rings is 1. The molecular weight excluding hydrogens is 268 g/mol. The van der Waals surface area contributed by atoms with E-state index < -0.39 is 0 Å². The Labute approximate surface area is 120 Å². The van der Waals surface area contributed by atoms with Crippen LogP contribution in [0.15, 0.2) is 42.9 Å². The van der Waals surface area contributed by atoms with Crippen LogP contribution >= 0.6 is 0 Å². The van der Waals surface area contributed by atoms with Gasteiger partial charge in [0.15, 0.2) is 5.69 Å². The largest absolute Gasteiger partial charge is 0.329 e. The van der Waals surface area contributed by atoms with Gasteiger partial charge in [0, 0.05) is 35.4 Å². The molecule has 0 fully saturated rings. The third-order valence-corrected chi connectivity index (χ3v) is 3.06. The first-order chi connectivity index (χ1) is 10.3. The normalized spacial score (nSPS) is 10.7. The minimum atomic E-state index is -0.303. The van der Waals surface area contributed by atoms with E-state index in [0.717, 1.165) is 10.8 Å². The van der Waals surface area contributed by atoms with Gasteiger partial charge in [-0.15, -0.1) is 5.10 Å². The molecule has 0 aliphatic rings. The molecule has 0 aliphatic carbocycles. The second-order valence-electron chi connectivity index (χ2n) is 4.51. The molecule has 0 saturated heterocycles. The molecule has 21 heavy (non-hydrogen) atoms. The Bertz CT molecular complexity index is 776. The second-order valence-corrected chi connectivity index (χ2v) is 4.51. The summed E-state index contributed by atoms with van der Waals surface area (Å²) in [6, 6.07) is 7.50. The van der Waals surface area contributed by atoms with Crippen LogP contribution in [0.1, 0.15) is 10.5 Å². The number of hydrogen-bond donors (Lipinski definition) is 2. The average Bonchev–Trinajstić information content (AvgIpc) is 2.97. The summed E-state index contributed by atoms with van der Waals surface area (Å²) < 4.78 is 1.54. The fourth-order valence-corrected chi connectivity index (χ4v) is 2.06. The topological polar surface area (TPSA) is 98.7 Å². The van der Waals surface area contributed by atoms with Crippen molar-refractivity contribution in [3.05, 3.63) is 48.5 Å². The van der Waals surface area contributed by atoms with Gasteiger partial charge in [0.1, 0.15) is 0 Å². The maximum atomic E-state index is 12.2. The van der Waals surface area contributed by atoms with Gasteiger partial charge >= 0.3 is 0 Å². The molecule has 1 aromatic carbocycles. The predicted octanol–water partition coefficient (Wildman–Crippen LogP) is 1.04. The van der Waals surface area contributed by atoms with E-state index >= 15 is 0 Å². The summed E-state index contributed by atoms with van der Waals surface area (Å²) in [7, 11) is 0. The van der Waals surface area contributed by atoms with Crippen LogP contribution in [-0.2, 0) is 6.54 Å². The summed E-state index contributed by atoms with van der Waals surface area (Å²) >= 11 is 0. The fourth-order valence-electron chi connectivity index (χ4n) is 2.06. The second kappa shape index (κ2) is 5.68. The maximum Gasteiger partial charge on any atom is 0.277 e. The van der Waals surface area contributed by atoms with Gasteiger partial charge in [-0.25, -0.2) is 0 Å². The minimum absolute atomic E-state index is 0.259. The number of carbonyl (C=O) groups excluding carboxylic acids is 1. The molecule has 7 heteroatoms. The van der Waals surface area contributed by atoms with Crippen molar-refractivity contribution < 1.29 is 4.79 Å². The molecule has 0 radical (unpaired) electrons. The van der Waals surface area contributed by atoms with Crippen LogP contribution < -0.4 is 11.1 Å². The number of nitrogens with one attached hydrogen (secondary N) is 1. The molecule has 0 atom stereocenters. The molecular formula is C14H14N6O. The minimum Gasteiger partial charge on any atom is -0.329 e. The third kappa shape index (κ3) is 2.72. The first-order valence-corrected chi connectivity index (χ1v) is 6.52. The van der Waals surface area contributed by atoms with Crippen molar-refractivity contribution in [2.45, 2.75) is 6.54 Å². The molecule has 0 aliphatic heterocycles. The zero-order chi connectivity index (χ0) is 14.7. The summed E-state index contributed by atoms with van der Waals surface area (Å²) in [4.78, 5) is 16.3. The zero-order valence-corrected chi connectivity index (χ0v) is 11.2. The summed E-state index contributed by atoms with van der Waals surface area (Å²) in [5.74, 6) is -0.303.